The maximum absolute atomic E-state index is 14.2. The lowest BCUT2D eigenvalue weighted by atomic mass is 9.41. The van der Waals surface area contributed by atoms with Crippen molar-refractivity contribution in [2.75, 3.05) is 0 Å². The largest absolute Gasteiger partial charge is 0.393 e. The summed E-state index contributed by atoms with van der Waals surface area (Å²) in [4.78, 5) is 0.393. The maximum Gasteiger partial charge on any atom is 0.181 e. The molecule has 0 bridgehead atoms. The third-order valence-corrected chi connectivity index (χ3v) is 15.2. The molecule has 5 rings (SSSR count). The van der Waals surface area contributed by atoms with E-state index in [0.717, 1.165) is 37.5 Å². The Morgan fingerprint density at radius 3 is 2.26 bits per heavy atom. The second-order valence-corrected chi connectivity index (χ2v) is 17.1. The van der Waals surface area contributed by atoms with Crippen LogP contribution in [0.15, 0.2) is 35.2 Å². The number of rotatable bonds is 7. The molecule has 1 aromatic carbocycles. The predicted octanol–water partition coefficient (Wildman–Crippen LogP) is 7.28. The molecule has 7 unspecified atom stereocenters. The van der Waals surface area contributed by atoms with Gasteiger partial charge in [0.05, 0.1) is 22.4 Å². The average molecular weight is 559 g/mol. The quantitative estimate of drug-likeness (QED) is 0.369. The molecular weight excluding hydrogens is 504 g/mol. The van der Waals surface area contributed by atoms with Crippen LogP contribution in [0.3, 0.4) is 0 Å². The predicted molar refractivity (Wildman–Crippen MR) is 158 cm³/mol. The summed E-state index contributed by atoms with van der Waals surface area (Å²) in [6, 6.07) is 8.96. The normalized spacial score (nSPS) is 41.1. The first-order chi connectivity index (χ1) is 18.4. The van der Waals surface area contributed by atoms with E-state index in [-0.39, 0.29) is 23.4 Å². The molecule has 11 atom stereocenters. The molecular formula is C34H54O4S. The van der Waals surface area contributed by atoms with Gasteiger partial charge in [-0.15, -0.1) is 0 Å². The molecule has 39 heavy (non-hydrogen) atoms. The molecule has 220 valence electrons. The summed E-state index contributed by atoms with van der Waals surface area (Å²) in [6.45, 7) is 11.2. The van der Waals surface area contributed by atoms with Gasteiger partial charge in [-0.05, 0) is 129 Å². The second kappa shape index (κ2) is 11.1. The topological polar surface area (TPSA) is 74.6 Å². The van der Waals surface area contributed by atoms with Gasteiger partial charge in [-0.25, -0.2) is 8.42 Å². The zero-order valence-electron chi connectivity index (χ0n) is 25.1. The molecule has 0 heterocycles. The van der Waals surface area contributed by atoms with E-state index >= 15 is 0 Å². The van der Waals surface area contributed by atoms with Gasteiger partial charge in [-0.3, -0.25) is 0 Å². The van der Waals surface area contributed by atoms with Crippen LogP contribution in [-0.4, -0.2) is 36.1 Å². The highest BCUT2D eigenvalue weighted by molar-refractivity contribution is 7.92. The minimum atomic E-state index is -3.58. The first kappa shape index (κ1) is 29.6. The van der Waals surface area contributed by atoms with Crippen molar-refractivity contribution in [1.29, 1.82) is 0 Å². The molecule has 0 aromatic heterocycles. The van der Waals surface area contributed by atoms with Gasteiger partial charge < -0.3 is 10.2 Å². The van der Waals surface area contributed by atoms with Gasteiger partial charge in [0.1, 0.15) is 0 Å². The van der Waals surface area contributed by atoms with Crippen LogP contribution < -0.4 is 0 Å². The Kier molecular flexibility index (Phi) is 8.39. The van der Waals surface area contributed by atoms with E-state index in [1.54, 1.807) is 12.1 Å². The molecule has 4 saturated carbocycles. The van der Waals surface area contributed by atoms with E-state index in [2.05, 4.69) is 20.8 Å². The van der Waals surface area contributed by atoms with Gasteiger partial charge in [0, 0.05) is 0 Å². The van der Waals surface area contributed by atoms with Gasteiger partial charge in [0.2, 0.25) is 0 Å². The fraction of sp³-hybridized carbons (Fsp3) is 0.824. The summed E-state index contributed by atoms with van der Waals surface area (Å²) in [7, 11) is -3.58. The van der Waals surface area contributed by atoms with Crippen molar-refractivity contribution in [2.24, 2.45) is 52.3 Å². The molecule has 2 N–H and O–H groups in total. The van der Waals surface area contributed by atoms with Gasteiger partial charge in [0.15, 0.2) is 9.84 Å². The van der Waals surface area contributed by atoms with E-state index in [0.29, 0.717) is 34.5 Å². The number of sulfone groups is 1. The SMILES string of the molecule is CC(C)[C@H](O)CC([C@@H](C)C1CCCC2C3CCC4C[C@@H](O)CC[C@]4(C)C3CCC21C)S(=O)(=O)c1ccccc1. The van der Waals surface area contributed by atoms with Crippen molar-refractivity contribution < 1.29 is 18.6 Å². The van der Waals surface area contributed by atoms with E-state index in [1.165, 1.54) is 38.5 Å². The van der Waals surface area contributed by atoms with E-state index in [9.17, 15) is 18.6 Å². The molecule has 4 nitrogen and oxygen atoms in total. The molecule has 4 fully saturated rings. The number of hydrogen-bond donors (Lipinski definition) is 2. The number of fused-ring (bicyclic) bond motifs is 5. The van der Waals surface area contributed by atoms with Crippen LogP contribution in [0.2, 0.25) is 0 Å². The number of aliphatic hydroxyl groups excluding tert-OH is 2. The molecule has 0 aliphatic heterocycles. The lowest BCUT2D eigenvalue weighted by Crippen LogP contribution is -2.57. The number of aliphatic hydroxyl groups is 2. The monoisotopic (exact) mass is 558 g/mol. The molecule has 4 aliphatic carbocycles. The second-order valence-electron chi connectivity index (χ2n) is 15.0. The van der Waals surface area contributed by atoms with E-state index in [4.69, 9.17) is 0 Å². The molecule has 4 aliphatic rings. The summed E-state index contributed by atoms with van der Waals surface area (Å²) in [5, 5.41) is 20.8. The smallest absolute Gasteiger partial charge is 0.181 e. The van der Waals surface area contributed by atoms with Gasteiger partial charge in [-0.2, -0.15) is 0 Å². The first-order valence-electron chi connectivity index (χ1n) is 16.0. The molecule has 0 spiro atoms. The Bertz CT molecular complexity index is 1090. The average Bonchev–Trinajstić information content (AvgIpc) is 2.91. The molecule has 0 amide bonds. The summed E-state index contributed by atoms with van der Waals surface area (Å²) in [5.41, 5.74) is 0.492. The standard InChI is InChI=1S/C34H54O4S/c1-22(2)31(36)21-32(39(37,38)26-10-7-6-8-11-26)23(3)28-12-9-13-29-27-15-14-24-20-25(35)16-18-33(24,4)30(27)17-19-34(28,29)5/h6-8,10-11,22-25,27-32,35-36H,9,12-21H2,1-5H3/t23-,24?,25-,27?,28?,29?,30?,31+,32?,33-,34?/m0/s1. The zero-order chi connectivity index (χ0) is 28.2. The molecule has 1 aromatic rings. The zero-order valence-corrected chi connectivity index (χ0v) is 25.9. The van der Waals surface area contributed by atoms with Crippen molar-refractivity contribution in [3.63, 3.8) is 0 Å². The van der Waals surface area contributed by atoms with Crippen molar-refractivity contribution >= 4 is 9.84 Å². The van der Waals surface area contributed by atoms with Crippen LogP contribution in [-0.2, 0) is 9.84 Å². The minimum Gasteiger partial charge on any atom is -0.393 e. The summed E-state index contributed by atoms with van der Waals surface area (Å²) < 4.78 is 28.3. The van der Waals surface area contributed by atoms with Crippen LogP contribution in [0.4, 0.5) is 0 Å². The highest BCUT2D eigenvalue weighted by atomic mass is 32.2. The number of hydrogen-bond acceptors (Lipinski definition) is 4. The minimum absolute atomic E-state index is 0.00953. The van der Waals surface area contributed by atoms with Gasteiger partial charge in [-0.1, -0.05) is 59.2 Å². The fourth-order valence-electron chi connectivity index (χ4n) is 10.5. The van der Waals surface area contributed by atoms with Crippen LogP contribution in [0.1, 0.15) is 105 Å². The highest BCUT2D eigenvalue weighted by Crippen LogP contribution is 2.67. The van der Waals surface area contributed by atoms with Crippen LogP contribution in [0.5, 0.6) is 0 Å². The lowest BCUT2D eigenvalue weighted by Gasteiger charge is -2.64. The maximum atomic E-state index is 14.2. The van der Waals surface area contributed by atoms with Crippen molar-refractivity contribution in [3.05, 3.63) is 30.3 Å². The highest BCUT2D eigenvalue weighted by Gasteiger charge is 2.60. The van der Waals surface area contributed by atoms with Crippen molar-refractivity contribution in [1.82, 2.24) is 0 Å². The Hall–Kier alpha value is -0.910. The Morgan fingerprint density at radius 1 is 0.897 bits per heavy atom. The summed E-state index contributed by atoms with van der Waals surface area (Å²) in [6.07, 6.45) is 11.2. The van der Waals surface area contributed by atoms with Crippen molar-refractivity contribution in [3.8, 4) is 0 Å². The van der Waals surface area contributed by atoms with E-state index in [1.807, 2.05) is 32.0 Å². The Balaban J connectivity index is 1.45. The van der Waals surface area contributed by atoms with Crippen molar-refractivity contribution in [2.45, 2.75) is 128 Å². The lowest BCUT2D eigenvalue weighted by molar-refractivity contribution is -0.157. The number of benzene rings is 1. The molecule has 0 saturated heterocycles. The third-order valence-electron chi connectivity index (χ3n) is 12.9. The summed E-state index contributed by atoms with van der Waals surface area (Å²) in [5.74, 6) is 3.13. The summed E-state index contributed by atoms with van der Waals surface area (Å²) >= 11 is 0. The third kappa shape index (κ3) is 5.16. The van der Waals surface area contributed by atoms with Crippen LogP contribution in [0.25, 0.3) is 0 Å². The molecule has 0 radical (unpaired) electrons. The first-order valence-corrected chi connectivity index (χ1v) is 17.6. The van der Waals surface area contributed by atoms with E-state index < -0.39 is 21.2 Å². The van der Waals surface area contributed by atoms with Gasteiger partial charge >= 0.3 is 0 Å². The Morgan fingerprint density at radius 2 is 1.56 bits per heavy atom. The Labute approximate surface area is 238 Å². The van der Waals surface area contributed by atoms with Crippen LogP contribution in [0, 0.1) is 52.3 Å². The fourth-order valence-corrected chi connectivity index (χ4v) is 12.6. The van der Waals surface area contributed by atoms with Crippen LogP contribution >= 0.6 is 0 Å². The molecule has 5 heteroatoms. The van der Waals surface area contributed by atoms with Gasteiger partial charge in [0.25, 0.3) is 0 Å².